The molecule has 0 aliphatic carbocycles. The molecule has 24 heavy (non-hydrogen) atoms. The fraction of sp³-hybridized carbons (Fsp3) is 0.375. The molecule has 130 valence electrons. The van der Waals surface area contributed by atoms with E-state index in [4.69, 9.17) is 21.1 Å². The van der Waals surface area contributed by atoms with Crippen LogP contribution in [0.1, 0.15) is 25.8 Å². The first-order valence-corrected chi connectivity index (χ1v) is 8.48. The van der Waals surface area contributed by atoms with Crippen LogP contribution in [0.3, 0.4) is 0 Å². The maximum Gasteiger partial charge on any atom is 0.412 e. The second-order valence-electron chi connectivity index (χ2n) is 5.95. The Kier molecular flexibility index (Phi) is 5.90. The summed E-state index contributed by atoms with van der Waals surface area (Å²) in [6, 6.07) is 5.38. The summed E-state index contributed by atoms with van der Waals surface area (Å²) in [7, 11) is 1.54. The van der Waals surface area contributed by atoms with Crippen LogP contribution in [0.5, 0.6) is 5.75 Å². The molecule has 1 aromatic carbocycles. The lowest BCUT2D eigenvalue weighted by molar-refractivity contribution is 0.0635. The highest BCUT2D eigenvalue weighted by Gasteiger charge is 2.17. The number of methoxy groups -OCH3 is 1. The van der Waals surface area contributed by atoms with Gasteiger partial charge in [0.25, 0.3) is 0 Å². The summed E-state index contributed by atoms with van der Waals surface area (Å²) in [5, 5.41) is 6.80. The predicted molar refractivity (Wildman–Crippen MR) is 97.3 cm³/mol. The summed E-state index contributed by atoms with van der Waals surface area (Å²) in [4.78, 5) is 16.1. The summed E-state index contributed by atoms with van der Waals surface area (Å²) in [5.41, 5.74) is 0.816. The van der Waals surface area contributed by atoms with Gasteiger partial charge in [-0.1, -0.05) is 11.6 Å². The van der Waals surface area contributed by atoms with E-state index in [0.29, 0.717) is 22.3 Å². The minimum Gasteiger partial charge on any atom is -0.494 e. The molecule has 0 saturated heterocycles. The summed E-state index contributed by atoms with van der Waals surface area (Å²) in [6.45, 7) is 5.98. The molecule has 2 rings (SSSR count). The normalized spacial score (nSPS) is 11.0. The minimum absolute atomic E-state index is 0.529. The first-order chi connectivity index (χ1) is 11.3. The Bertz CT molecular complexity index is 713. The third kappa shape index (κ3) is 5.58. The van der Waals surface area contributed by atoms with Crippen molar-refractivity contribution in [2.45, 2.75) is 32.9 Å². The van der Waals surface area contributed by atoms with Gasteiger partial charge >= 0.3 is 6.09 Å². The molecule has 8 heteroatoms. The van der Waals surface area contributed by atoms with Gasteiger partial charge in [-0.05, 0) is 32.9 Å². The lowest BCUT2D eigenvalue weighted by Gasteiger charge is -2.20. The second kappa shape index (κ2) is 7.72. The second-order valence-corrected chi connectivity index (χ2v) is 7.70. The number of hydrogen-bond acceptors (Lipinski definition) is 6. The Morgan fingerprint density at radius 1 is 1.38 bits per heavy atom. The summed E-state index contributed by atoms with van der Waals surface area (Å²) >= 11 is 7.28. The van der Waals surface area contributed by atoms with E-state index in [1.54, 1.807) is 25.4 Å². The Morgan fingerprint density at radius 3 is 2.71 bits per heavy atom. The van der Waals surface area contributed by atoms with Gasteiger partial charge in [0.15, 0.2) is 0 Å². The highest BCUT2D eigenvalue weighted by Crippen LogP contribution is 2.29. The average Bonchev–Trinajstić information content (AvgIpc) is 2.90. The maximum absolute atomic E-state index is 11.9. The van der Waals surface area contributed by atoms with Crippen LogP contribution in [0.15, 0.2) is 24.4 Å². The van der Waals surface area contributed by atoms with Gasteiger partial charge in [-0.3, -0.25) is 5.32 Å². The SMILES string of the molecule is COc1cc(NCc2ncc(Cl)s2)ccc1NC(=O)OC(C)(C)C. The standard InChI is InChI=1S/C16H20ClN3O3S/c1-16(2,3)23-15(21)20-11-6-5-10(7-12(11)22-4)18-9-14-19-8-13(17)24-14/h5-8,18H,9H2,1-4H3,(H,20,21). The summed E-state index contributed by atoms with van der Waals surface area (Å²) < 4.78 is 11.2. The molecule has 1 heterocycles. The van der Waals surface area contributed by atoms with Crippen molar-refractivity contribution < 1.29 is 14.3 Å². The molecule has 6 nitrogen and oxygen atoms in total. The third-order valence-corrected chi connectivity index (χ3v) is 3.92. The van der Waals surface area contributed by atoms with E-state index in [2.05, 4.69) is 15.6 Å². The quantitative estimate of drug-likeness (QED) is 0.794. The summed E-state index contributed by atoms with van der Waals surface area (Å²) in [5.74, 6) is 0.531. The Hall–Kier alpha value is -1.99. The van der Waals surface area contributed by atoms with Crippen LogP contribution in [0, 0.1) is 0 Å². The fourth-order valence-corrected chi connectivity index (χ4v) is 2.76. The van der Waals surface area contributed by atoms with Crippen molar-refractivity contribution in [3.05, 3.63) is 33.7 Å². The lowest BCUT2D eigenvalue weighted by atomic mass is 10.2. The number of thiazole rings is 1. The van der Waals surface area contributed by atoms with E-state index in [1.807, 2.05) is 26.8 Å². The largest absolute Gasteiger partial charge is 0.494 e. The third-order valence-electron chi connectivity index (χ3n) is 2.81. The highest BCUT2D eigenvalue weighted by molar-refractivity contribution is 7.15. The molecule has 0 aliphatic rings. The molecule has 0 saturated carbocycles. The number of ether oxygens (including phenoxy) is 2. The smallest absolute Gasteiger partial charge is 0.412 e. The number of nitrogens with zero attached hydrogens (tertiary/aromatic N) is 1. The lowest BCUT2D eigenvalue weighted by Crippen LogP contribution is -2.27. The molecular formula is C16H20ClN3O3S. The minimum atomic E-state index is -0.562. The van der Waals surface area contributed by atoms with Gasteiger partial charge in [0.1, 0.15) is 20.7 Å². The highest BCUT2D eigenvalue weighted by atomic mass is 35.5. The molecule has 0 spiro atoms. The molecule has 0 bridgehead atoms. The zero-order valence-electron chi connectivity index (χ0n) is 14.0. The van der Waals surface area contributed by atoms with Crippen LogP contribution >= 0.6 is 22.9 Å². The van der Waals surface area contributed by atoms with Crippen molar-refractivity contribution >= 4 is 40.4 Å². The van der Waals surface area contributed by atoms with Crippen molar-refractivity contribution in [1.29, 1.82) is 0 Å². The van der Waals surface area contributed by atoms with Crippen LogP contribution < -0.4 is 15.4 Å². The molecule has 0 aliphatic heterocycles. The number of halogens is 1. The van der Waals surface area contributed by atoms with Gasteiger partial charge in [0.2, 0.25) is 0 Å². The summed E-state index contributed by atoms with van der Waals surface area (Å²) in [6.07, 6.45) is 1.09. The van der Waals surface area contributed by atoms with Crippen molar-refractivity contribution in [3.63, 3.8) is 0 Å². The van der Waals surface area contributed by atoms with Crippen LogP contribution in [0.2, 0.25) is 4.34 Å². The molecule has 1 aromatic heterocycles. The van der Waals surface area contributed by atoms with E-state index >= 15 is 0 Å². The van der Waals surface area contributed by atoms with E-state index in [9.17, 15) is 4.79 Å². The fourth-order valence-electron chi connectivity index (χ4n) is 1.87. The van der Waals surface area contributed by atoms with Gasteiger partial charge in [0.05, 0.1) is 25.5 Å². The molecule has 0 radical (unpaired) electrons. The Balaban J connectivity index is 2.02. The van der Waals surface area contributed by atoms with Crippen molar-refractivity contribution in [3.8, 4) is 5.75 Å². The van der Waals surface area contributed by atoms with Crippen LogP contribution in [-0.2, 0) is 11.3 Å². The number of carbonyl (C=O) groups is 1. The van der Waals surface area contributed by atoms with E-state index in [1.165, 1.54) is 11.3 Å². The van der Waals surface area contributed by atoms with Gasteiger partial charge in [0, 0.05) is 11.8 Å². The van der Waals surface area contributed by atoms with Crippen LogP contribution in [-0.4, -0.2) is 23.8 Å². The molecule has 0 unspecified atom stereocenters. The number of anilines is 2. The Labute approximate surface area is 150 Å². The molecule has 0 fully saturated rings. The van der Waals surface area contributed by atoms with Gasteiger partial charge < -0.3 is 14.8 Å². The molecule has 0 atom stereocenters. The molecule has 1 amide bonds. The number of benzene rings is 1. The van der Waals surface area contributed by atoms with Gasteiger partial charge in [-0.2, -0.15) is 0 Å². The van der Waals surface area contributed by atoms with Crippen LogP contribution in [0.4, 0.5) is 16.2 Å². The first-order valence-electron chi connectivity index (χ1n) is 7.29. The molecular weight excluding hydrogens is 350 g/mol. The number of carbonyl (C=O) groups excluding carboxylic acids is 1. The zero-order chi connectivity index (χ0) is 17.7. The Morgan fingerprint density at radius 2 is 2.12 bits per heavy atom. The van der Waals surface area contributed by atoms with Gasteiger partial charge in [-0.15, -0.1) is 11.3 Å². The van der Waals surface area contributed by atoms with Crippen LogP contribution in [0.25, 0.3) is 0 Å². The van der Waals surface area contributed by atoms with Crippen molar-refractivity contribution in [2.75, 3.05) is 17.7 Å². The first kappa shape index (κ1) is 18.4. The molecule has 2 N–H and O–H groups in total. The maximum atomic E-state index is 11.9. The van der Waals surface area contributed by atoms with Gasteiger partial charge in [-0.25, -0.2) is 9.78 Å². The predicted octanol–water partition coefficient (Wildman–Crippen LogP) is 4.76. The zero-order valence-corrected chi connectivity index (χ0v) is 15.5. The topological polar surface area (TPSA) is 72.5 Å². The van der Waals surface area contributed by atoms with Crippen molar-refractivity contribution in [2.24, 2.45) is 0 Å². The van der Waals surface area contributed by atoms with Crippen molar-refractivity contribution in [1.82, 2.24) is 4.98 Å². The number of nitrogens with one attached hydrogen (secondary N) is 2. The number of amides is 1. The average molecular weight is 370 g/mol. The van der Waals surface area contributed by atoms with E-state index in [0.717, 1.165) is 10.7 Å². The monoisotopic (exact) mass is 369 g/mol. The molecule has 2 aromatic rings. The number of hydrogen-bond donors (Lipinski definition) is 2. The number of rotatable bonds is 5. The van der Waals surface area contributed by atoms with E-state index in [-0.39, 0.29) is 0 Å². The number of aromatic nitrogens is 1. The van der Waals surface area contributed by atoms with E-state index < -0.39 is 11.7 Å².